The molecule has 0 saturated carbocycles. The van der Waals surface area contributed by atoms with Gasteiger partial charge in [0.15, 0.2) is 0 Å². The highest BCUT2D eigenvalue weighted by atomic mass is 14.9. The van der Waals surface area contributed by atoms with E-state index in [1.807, 2.05) is 0 Å². The van der Waals surface area contributed by atoms with Crippen LogP contribution in [0.2, 0.25) is 0 Å². The number of nitrogens with one attached hydrogen (secondary N) is 1. The quantitative estimate of drug-likeness (QED) is 0.784. The van der Waals surface area contributed by atoms with Gasteiger partial charge in [0.1, 0.15) is 0 Å². The predicted octanol–water partition coefficient (Wildman–Crippen LogP) is 4.40. The molecule has 20 heavy (non-hydrogen) atoms. The fourth-order valence-corrected chi connectivity index (χ4v) is 2.53. The largest absolute Gasteiger partial charge is 0.314 e. The minimum absolute atomic E-state index is 0.528. The first-order chi connectivity index (χ1) is 9.75. The van der Waals surface area contributed by atoms with Gasteiger partial charge in [-0.05, 0) is 43.4 Å². The van der Waals surface area contributed by atoms with Crippen LogP contribution in [0.15, 0.2) is 60.7 Å². The molecule has 0 aromatic heterocycles. The summed E-state index contributed by atoms with van der Waals surface area (Å²) < 4.78 is 0. The van der Waals surface area contributed by atoms with Crippen molar-refractivity contribution in [3.63, 3.8) is 0 Å². The topological polar surface area (TPSA) is 12.0 Å². The molecule has 1 heteroatoms. The van der Waals surface area contributed by atoms with Crippen LogP contribution in [0.4, 0.5) is 0 Å². The Morgan fingerprint density at radius 1 is 0.850 bits per heavy atom. The highest BCUT2D eigenvalue weighted by Crippen LogP contribution is 2.17. The molecule has 0 heterocycles. The van der Waals surface area contributed by atoms with Crippen molar-refractivity contribution in [1.29, 1.82) is 0 Å². The molecule has 0 spiro atoms. The van der Waals surface area contributed by atoms with Crippen LogP contribution in [-0.2, 0) is 6.42 Å². The molecule has 2 aromatic rings. The molecular weight excluding hydrogens is 242 g/mol. The minimum atomic E-state index is 0.528. The van der Waals surface area contributed by atoms with Crippen molar-refractivity contribution >= 4 is 0 Å². The molecule has 2 unspecified atom stereocenters. The van der Waals surface area contributed by atoms with Crippen molar-refractivity contribution in [1.82, 2.24) is 5.32 Å². The number of rotatable bonds is 7. The summed E-state index contributed by atoms with van der Waals surface area (Å²) in [4.78, 5) is 0. The molecule has 0 bridgehead atoms. The average Bonchev–Trinajstić information content (AvgIpc) is 2.49. The standard InChI is InChI=1S/C19H25N/c1-16(19-11-7-4-8-12-19)13-14-20-17(2)15-18-9-5-3-6-10-18/h3-12,16-17,20H,13-15H2,1-2H3. The molecule has 2 atom stereocenters. The SMILES string of the molecule is CC(Cc1ccccc1)NCCC(C)c1ccccc1. The normalized spacial score (nSPS) is 13.9. The average molecular weight is 267 g/mol. The molecule has 106 valence electrons. The van der Waals surface area contributed by atoms with Crippen LogP contribution in [0.3, 0.4) is 0 Å². The second-order valence-electron chi connectivity index (χ2n) is 5.65. The fraction of sp³-hybridized carbons (Fsp3) is 0.368. The molecule has 1 N–H and O–H groups in total. The Morgan fingerprint density at radius 2 is 1.45 bits per heavy atom. The third-order valence-electron chi connectivity index (χ3n) is 3.82. The van der Waals surface area contributed by atoms with Crippen molar-refractivity contribution < 1.29 is 0 Å². The molecule has 0 saturated heterocycles. The van der Waals surface area contributed by atoms with Gasteiger partial charge in [-0.3, -0.25) is 0 Å². The molecule has 0 fully saturated rings. The smallest absolute Gasteiger partial charge is 0.00791 e. The van der Waals surface area contributed by atoms with Gasteiger partial charge in [-0.1, -0.05) is 67.6 Å². The van der Waals surface area contributed by atoms with E-state index in [1.54, 1.807) is 0 Å². The third kappa shape index (κ3) is 4.82. The Hall–Kier alpha value is -1.60. The number of hydrogen-bond donors (Lipinski definition) is 1. The van der Waals surface area contributed by atoms with Crippen molar-refractivity contribution in [2.24, 2.45) is 0 Å². The monoisotopic (exact) mass is 267 g/mol. The lowest BCUT2D eigenvalue weighted by Crippen LogP contribution is -2.29. The lowest BCUT2D eigenvalue weighted by atomic mass is 9.98. The van der Waals surface area contributed by atoms with Crippen molar-refractivity contribution in [2.75, 3.05) is 6.54 Å². The van der Waals surface area contributed by atoms with Crippen molar-refractivity contribution in [3.05, 3.63) is 71.8 Å². The van der Waals surface area contributed by atoms with E-state index in [4.69, 9.17) is 0 Å². The van der Waals surface area contributed by atoms with Crippen LogP contribution in [0, 0.1) is 0 Å². The zero-order chi connectivity index (χ0) is 14.2. The first kappa shape index (κ1) is 14.8. The van der Waals surface area contributed by atoms with Crippen molar-refractivity contribution in [3.8, 4) is 0 Å². The summed E-state index contributed by atoms with van der Waals surface area (Å²) in [6.07, 6.45) is 2.28. The van der Waals surface area contributed by atoms with Crippen molar-refractivity contribution in [2.45, 2.75) is 38.6 Å². The van der Waals surface area contributed by atoms with Gasteiger partial charge in [0.25, 0.3) is 0 Å². The Balaban J connectivity index is 1.70. The van der Waals surface area contributed by atoms with Gasteiger partial charge in [0.05, 0.1) is 0 Å². The lowest BCUT2D eigenvalue weighted by Gasteiger charge is -2.16. The van der Waals surface area contributed by atoms with Crippen LogP contribution in [0.1, 0.15) is 37.3 Å². The molecular formula is C19H25N. The molecule has 0 radical (unpaired) electrons. The van der Waals surface area contributed by atoms with Crippen LogP contribution < -0.4 is 5.32 Å². The molecule has 1 nitrogen and oxygen atoms in total. The van der Waals surface area contributed by atoms with E-state index in [0.29, 0.717) is 12.0 Å². The van der Waals surface area contributed by atoms with E-state index in [0.717, 1.165) is 13.0 Å². The highest BCUT2D eigenvalue weighted by Gasteiger charge is 2.06. The van der Waals surface area contributed by atoms with Gasteiger partial charge in [0, 0.05) is 6.04 Å². The third-order valence-corrected chi connectivity index (χ3v) is 3.82. The molecule has 0 aliphatic carbocycles. The zero-order valence-electron chi connectivity index (χ0n) is 12.5. The summed E-state index contributed by atoms with van der Waals surface area (Å²) in [5.74, 6) is 0.618. The van der Waals surface area contributed by atoms with Crippen LogP contribution in [-0.4, -0.2) is 12.6 Å². The highest BCUT2D eigenvalue weighted by molar-refractivity contribution is 5.18. The van der Waals surface area contributed by atoms with Gasteiger partial charge in [-0.25, -0.2) is 0 Å². The van der Waals surface area contributed by atoms with Gasteiger partial charge in [0.2, 0.25) is 0 Å². The van der Waals surface area contributed by atoms with Crippen LogP contribution >= 0.6 is 0 Å². The Morgan fingerprint density at radius 3 is 2.10 bits per heavy atom. The molecule has 2 aromatic carbocycles. The second kappa shape index (κ2) is 7.86. The van der Waals surface area contributed by atoms with Crippen LogP contribution in [0.25, 0.3) is 0 Å². The van der Waals surface area contributed by atoms with E-state index < -0.39 is 0 Å². The lowest BCUT2D eigenvalue weighted by molar-refractivity contribution is 0.513. The maximum atomic E-state index is 3.63. The number of hydrogen-bond acceptors (Lipinski definition) is 1. The summed E-state index contributed by atoms with van der Waals surface area (Å²) in [5, 5.41) is 3.63. The first-order valence-electron chi connectivity index (χ1n) is 7.58. The molecule has 0 aliphatic rings. The van der Waals surface area contributed by atoms with Gasteiger partial charge in [-0.2, -0.15) is 0 Å². The zero-order valence-corrected chi connectivity index (χ0v) is 12.5. The first-order valence-corrected chi connectivity index (χ1v) is 7.58. The molecule has 0 amide bonds. The maximum Gasteiger partial charge on any atom is 0.00791 e. The predicted molar refractivity (Wildman–Crippen MR) is 87.1 cm³/mol. The minimum Gasteiger partial charge on any atom is -0.314 e. The Bertz CT molecular complexity index is 478. The van der Waals surface area contributed by atoms with Crippen LogP contribution in [0.5, 0.6) is 0 Å². The summed E-state index contributed by atoms with van der Waals surface area (Å²) in [6.45, 7) is 5.64. The van der Waals surface area contributed by atoms with E-state index in [1.165, 1.54) is 17.5 Å². The maximum absolute atomic E-state index is 3.63. The Labute approximate surface area is 123 Å². The summed E-state index contributed by atoms with van der Waals surface area (Å²) in [6, 6.07) is 22.0. The van der Waals surface area contributed by atoms with E-state index in [9.17, 15) is 0 Å². The second-order valence-corrected chi connectivity index (χ2v) is 5.65. The summed E-state index contributed by atoms with van der Waals surface area (Å²) in [5.41, 5.74) is 2.84. The van der Waals surface area contributed by atoms with Gasteiger partial charge < -0.3 is 5.32 Å². The Kier molecular flexibility index (Phi) is 5.82. The van der Waals surface area contributed by atoms with E-state index >= 15 is 0 Å². The summed E-state index contributed by atoms with van der Waals surface area (Å²) in [7, 11) is 0. The summed E-state index contributed by atoms with van der Waals surface area (Å²) >= 11 is 0. The molecule has 2 rings (SSSR count). The molecule has 0 aliphatic heterocycles. The van der Waals surface area contributed by atoms with Gasteiger partial charge in [-0.15, -0.1) is 0 Å². The van der Waals surface area contributed by atoms with E-state index in [2.05, 4.69) is 79.8 Å². The van der Waals surface area contributed by atoms with Gasteiger partial charge >= 0.3 is 0 Å². The van der Waals surface area contributed by atoms with E-state index in [-0.39, 0.29) is 0 Å². The fourth-order valence-electron chi connectivity index (χ4n) is 2.53. The number of benzene rings is 2.